The molecule has 7 heteroatoms. The van der Waals surface area contributed by atoms with Crippen molar-refractivity contribution in [3.05, 3.63) is 34.4 Å². The Morgan fingerprint density at radius 2 is 2.15 bits per heavy atom. The molecule has 1 aromatic rings. The van der Waals surface area contributed by atoms with Crippen LogP contribution in [0.2, 0.25) is 0 Å². The van der Waals surface area contributed by atoms with Crippen molar-refractivity contribution in [1.29, 1.82) is 0 Å². The van der Waals surface area contributed by atoms with E-state index in [1.807, 2.05) is 0 Å². The number of hydrogen-bond donors (Lipinski definition) is 1. The number of ether oxygens (including phenoxy) is 1. The number of benzene rings is 1. The summed E-state index contributed by atoms with van der Waals surface area (Å²) in [5.41, 5.74) is 0.0648. The van der Waals surface area contributed by atoms with Crippen LogP contribution >= 0.6 is 11.8 Å². The highest BCUT2D eigenvalue weighted by Crippen LogP contribution is 2.24. The molecule has 0 aliphatic heterocycles. The summed E-state index contributed by atoms with van der Waals surface area (Å²) in [4.78, 5) is 22.7. The Balaban J connectivity index is 1.90. The zero-order chi connectivity index (χ0) is 14.5. The SMILES string of the molecule is COC(=O)C(CSc1ccc([N+](=O)[O-])cc1)NC1CC1. The highest BCUT2D eigenvalue weighted by molar-refractivity contribution is 7.99. The predicted octanol–water partition coefficient (Wildman–Crippen LogP) is 1.98. The van der Waals surface area contributed by atoms with E-state index in [9.17, 15) is 14.9 Å². The number of hydrogen-bond acceptors (Lipinski definition) is 6. The molecule has 1 aromatic carbocycles. The monoisotopic (exact) mass is 296 g/mol. The lowest BCUT2D eigenvalue weighted by atomic mass is 10.3. The van der Waals surface area contributed by atoms with Gasteiger partial charge in [-0.15, -0.1) is 11.8 Å². The number of nitro benzene ring substituents is 1. The quantitative estimate of drug-likeness (QED) is 0.358. The standard InChI is InChI=1S/C13H16N2O4S/c1-19-13(16)12(14-9-2-3-9)8-20-11-6-4-10(5-7-11)15(17)18/h4-7,9,12,14H,2-3,8H2,1H3. The second-order valence-corrected chi connectivity index (χ2v) is 5.67. The van der Waals surface area contributed by atoms with Gasteiger partial charge < -0.3 is 10.1 Å². The summed E-state index contributed by atoms with van der Waals surface area (Å²) < 4.78 is 4.78. The van der Waals surface area contributed by atoms with Gasteiger partial charge in [0.1, 0.15) is 6.04 Å². The number of non-ortho nitro benzene ring substituents is 1. The minimum atomic E-state index is -0.430. The number of carbonyl (C=O) groups excluding carboxylic acids is 1. The van der Waals surface area contributed by atoms with Crippen molar-refractivity contribution in [2.45, 2.75) is 29.8 Å². The Kier molecular flexibility index (Phi) is 4.97. The highest BCUT2D eigenvalue weighted by atomic mass is 32.2. The molecule has 0 bridgehead atoms. The Morgan fingerprint density at radius 3 is 2.65 bits per heavy atom. The predicted molar refractivity (Wildman–Crippen MR) is 75.8 cm³/mol. The Bertz CT molecular complexity index is 488. The fourth-order valence-electron chi connectivity index (χ4n) is 1.70. The summed E-state index contributed by atoms with van der Waals surface area (Å²) in [7, 11) is 1.38. The fraction of sp³-hybridized carbons (Fsp3) is 0.462. The van der Waals surface area contributed by atoms with Crippen molar-refractivity contribution in [2.24, 2.45) is 0 Å². The zero-order valence-electron chi connectivity index (χ0n) is 11.1. The summed E-state index contributed by atoms with van der Waals surface area (Å²) in [6.45, 7) is 0. The number of nitro groups is 1. The van der Waals surface area contributed by atoms with E-state index in [1.165, 1.54) is 31.0 Å². The second kappa shape index (κ2) is 6.71. The molecule has 0 saturated heterocycles. The number of methoxy groups -OCH3 is 1. The molecule has 1 aliphatic carbocycles. The van der Waals surface area contributed by atoms with E-state index in [4.69, 9.17) is 4.74 Å². The molecule has 0 amide bonds. The van der Waals surface area contributed by atoms with Gasteiger partial charge in [0.15, 0.2) is 0 Å². The Morgan fingerprint density at radius 1 is 1.50 bits per heavy atom. The van der Waals surface area contributed by atoms with Crippen LogP contribution in [0.25, 0.3) is 0 Å². The largest absolute Gasteiger partial charge is 0.468 e. The number of carbonyl (C=O) groups is 1. The highest BCUT2D eigenvalue weighted by Gasteiger charge is 2.28. The van der Waals surface area contributed by atoms with Crippen LogP contribution in [0.15, 0.2) is 29.2 Å². The molecule has 1 atom stereocenters. The van der Waals surface area contributed by atoms with Crippen LogP contribution in [-0.4, -0.2) is 35.8 Å². The van der Waals surface area contributed by atoms with Crippen molar-refractivity contribution in [3.8, 4) is 0 Å². The maximum atomic E-state index is 11.7. The van der Waals surface area contributed by atoms with Crippen molar-refractivity contribution < 1.29 is 14.5 Å². The normalized spacial score (nSPS) is 15.7. The first kappa shape index (κ1) is 14.8. The van der Waals surface area contributed by atoms with Gasteiger partial charge in [0.25, 0.3) is 5.69 Å². The lowest BCUT2D eigenvalue weighted by Gasteiger charge is -2.15. The molecular formula is C13H16N2O4S. The number of nitrogens with one attached hydrogen (secondary N) is 1. The van der Waals surface area contributed by atoms with Gasteiger partial charge in [0.2, 0.25) is 0 Å². The van der Waals surface area contributed by atoms with Crippen molar-refractivity contribution in [2.75, 3.05) is 12.9 Å². The van der Waals surface area contributed by atoms with Crippen LogP contribution in [0, 0.1) is 10.1 Å². The first-order chi connectivity index (χ1) is 9.60. The third kappa shape index (κ3) is 4.21. The van der Waals surface area contributed by atoms with Gasteiger partial charge in [-0.1, -0.05) is 0 Å². The van der Waals surface area contributed by atoms with Crippen LogP contribution in [0.1, 0.15) is 12.8 Å². The van der Waals surface area contributed by atoms with Crippen LogP contribution in [-0.2, 0) is 9.53 Å². The van der Waals surface area contributed by atoms with E-state index in [0.717, 1.165) is 17.7 Å². The third-order valence-corrected chi connectivity index (χ3v) is 4.07. The average Bonchev–Trinajstić information content (AvgIpc) is 3.27. The summed E-state index contributed by atoms with van der Waals surface area (Å²) >= 11 is 1.48. The maximum Gasteiger partial charge on any atom is 0.323 e. The van der Waals surface area contributed by atoms with E-state index in [2.05, 4.69) is 5.32 Å². The van der Waals surface area contributed by atoms with Gasteiger partial charge in [-0.2, -0.15) is 0 Å². The Hall–Kier alpha value is -1.60. The summed E-state index contributed by atoms with van der Waals surface area (Å²) in [6.07, 6.45) is 2.19. The molecule has 1 aliphatic rings. The van der Waals surface area contributed by atoms with Gasteiger partial charge in [-0.05, 0) is 25.0 Å². The van der Waals surface area contributed by atoms with E-state index in [1.54, 1.807) is 12.1 Å². The molecule has 0 aromatic heterocycles. The zero-order valence-corrected chi connectivity index (χ0v) is 11.9. The van der Waals surface area contributed by atoms with Crippen molar-refractivity contribution >= 4 is 23.4 Å². The molecule has 2 rings (SSSR count). The molecule has 1 fully saturated rings. The first-order valence-corrected chi connectivity index (χ1v) is 7.30. The topological polar surface area (TPSA) is 81.5 Å². The molecule has 0 heterocycles. The van der Waals surface area contributed by atoms with Crippen LogP contribution in [0.3, 0.4) is 0 Å². The summed E-state index contributed by atoms with van der Waals surface area (Å²) in [5, 5.41) is 13.8. The minimum absolute atomic E-state index is 0.0648. The van der Waals surface area contributed by atoms with E-state index < -0.39 is 4.92 Å². The fourth-order valence-corrected chi connectivity index (χ4v) is 2.62. The van der Waals surface area contributed by atoms with Gasteiger partial charge in [0.05, 0.1) is 12.0 Å². The molecule has 20 heavy (non-hydrogen) atoms. The average molecular weight is 296 g/mol. The third-order valence-electron chi connectivity index (χ3n) is 2.96. The van der Waals surface area contributed by atoms with Crippen LogP contribution < -0.4 is 5.32 Å². The maximum absolute atomic E-state index is 11.7. The summed E-state index contributed by atoms with van der Waals surface area (Å²) in [5.74, 6) is 0.271. The number of esters is 1. The van der Waals surface area contributed by atoms with Gasteiger partial charge in [-0.25, -0.2) is 0 Å². The van der Waals surface area contributed by atoms with E-state index in [-0.39, 0.29) is 17.7 Å². The van der Waals surface area contributed by atoms with Crippen LogP contribution in [0.4, 0.5) is 5.69 Å². The molecule has 1 N–H and O–H groups in total. The number of nitrogens with zero attached hydrogens (tertiary/aromatic N) is 1. The number of thioether (sulfide) groups is 1. The first-order valence-electron chi connectivity index (χ1n) is 6.31. The van der Waals surface area contributed by atoms with E-state index in [0.29, 0.717) is 11.8 Å². The number of rotatable bonds is 7. The van der Waals surface area contributed by atoms with Crippen molar-refractivity contribution in [3.63, 3.8) is 0 Å². The van der Waals surface area contributed by atoms with Gasteiger partial charge >= 0.3 is 5.97 Å². The molecular weight excluding hydrogens is 280 g/mol. The Labute approximate surface area is 121 Å². The molecule has 108 valence electrons. The van der Waals surface area contributed by atoms with Crippen molar-refractivity contribution in [1.82, 2.24) is 5.32 Å². The van der Waals surface area contributed by atoms with E-state index >= 15 is 0 Å². The molecule has 6 nitrogen and oxygen atoms in total. The second-order valence-electron chi connectivity index (χ2n) is 4.58. The molecule has 0 radical (unpaired) electrons. The lowest BCUT2D eigenvalue weighted by molar-refractivity contribution is -0.384. The molecule has 0 spiro atoms. The summed E-state index contributed by atoms with van der Waals surface area (Å²) in [6, 6.07) is 6.38. The molecule has 1 unspecified atom stereocenters. The van der Waals surface area contributed by atoms with Gasteiger partial charge in [0, 0.05) is 28.8 Å². The van der Waals surface area contributed by atoms with Crippen LogP contribution in [0.5, 0.6) is 0 Å². The smallest absolute Gasteiger partial charge is 0.323 e. The minimum Gasteiger partial charge on any atom is -0.468 e. The van der Waals surface area contributed by atoms with Gasteiger partial charge in [-0.3, -0.25) is 14.9 Å². The molecule has 1 saturated carbocycles. The lowest BCUT2D eigenvalue weighted by Crippen LogP contribution is -2.40.